The quantitative estimate of drug-likeness (QED) is 0.336. The largest absolute Gasteiger partial charge is 0.490 e. The molecule has 2 N–H and O–H groups in total. The van der Waals surface area contributed by atoms with Crippen molar-refractivity contribution in [3.05, 3.63) is 52.6 Å². The molecule has 0 spiro atoms. The molecule has 1 fully saturated rings. The number of alkyl halides is 5. The third-order valence-corrected chi connectivity index (χ3v) is 6.51. The minimum atomic E-state index is -4.93. The van der Waals surface area contributed by atoms with Crippen LogP contribution < -0.4 is 15.0 Å². The Hall–Kier alpha value is -2.93. The predicted octanol–water partition coefficient (Wildman–Crippen LogP) is 4.21. The summed E-state index contributed by atoms with van der Waals surface area (Å²) in [6.07, 6.45) is -3.20. The fraction of sp³-hybridized carbons (Fsp3) is 0.409. The number of aryl methyl sites for hydroxylation is 1. The molecule has 0 aliphatic heterocycles. The van der Waals surface area contributed by atoms with Crippen molar-refractivity contribution in [3.8, 4) is 16.9 Å². The summed E-state index contributed by atoms with van der Waals surface area (Å²) in [5.74, 6) is -2.65. The van der Waals surface area contributed by atoms with Crippen molar-refractivity contribution in [2.45, 2.75) is 49.9 Å². The van der Waals surface area contributed by atoms with Crippen molar-refractivity contribution in [3.63, 3.8) is 0 Å². The van der Waals surface area contributed by atoms with Crippen molar-refractivity contribution in [1.82, 2.24) is 14.3 Å². The van der Waals surface area contributed by atoms with Crippen LogP contribution >= 0.6 is 0 Å². The van der Waals surface area contributed by atoms with Gasteiger partial charge in [0.15, 0.2) is 0 Å². The van der Waals surface area contributed by atoms with Crippen molar-refractivity contribution in [2.24, 2.45) is 7.05 Å². The molecule has 0 saturated heterocycles. The Morgan fingerprint density at radius 1 is 1.17 bits per heavy atom. The van der Waals surface area contributed by atoms with E-state index in [4.69, 9.17) is 4.74 Å². The van der Waals surface area contributed by atoms with E-state index in [-0.39, 0.29) is 48.1 Å². The fourth-order valence-electron chi connectivity index (χ4n) is 4.28. The number of aromatic amines is 1. The first-order valence-electron chi connectivity index (χ1n) is 10.7. The predicted molar refractivity (Wildman–Crippen MR) is 119 cm³/mol. The summed E-state index contributed by atoms with van der Waals surface area (Å²) in [5.41, 5.74) is -0.0235. The number of rotatable bonds is 6. The second-order valence-corrected chi connectivity index (χ2v) is 9.29. The summed E-state index contributed by atoms with van der Waals surface area (Å²) in [6.45, 7) is 0. The van der Waals surface area contributed by atoms with Gasteiger partial charge < -0.3 is 14.3 Å². The molecule has 0 bridgehead atoms. The molecule has 35 heavy (non-hydrogen) atoms. The van der Waals surface area contributed by atoms with Crippen LogP contribution in [0.25, 0.3) is 22.0 Å². The van der Waals surface area contributed by atoms with Crippen molar-refractivity contribution in [2.75, 3.05) is 0 Å². The Morgan fingerprint density at radius 2 is 1.86 bits per heavy atom. The summed E-state index contributed by atoms with van der Waals surface area (Å²) < 4.78 is 99.1. The second kappa shape index (κ2) is 9.26. The lowest BCUT2D eigenvalue weighted by Crippen LogP contribution is -2.33. The number of hydrogen-bond donors (Lipinski definition) is 3. The molecule has 1 aromatic carbocycles. The molecule has 13 heteroatoms. The second-order valence-electron chi connectivity index (χ2n) is 8.51. The summed E-state index contributed by atoms with van der Waals surface area (Å²) in [4.78, 5) is 15.3. The van der Waals surface area contributed by atoms with E-state index in [0.29, 0.717) is 10.9 Å². The molecule has 7 nitrogen and oxygen atoms in total. The smallest absolute Gasteiger partial charge is 0.408 e. The monoisotopic (exact) mass is 519 g/mol. The van der Waals surface area contributed by atoms with Gasteiger partial charge in [-0.05, 0) is 36.6 Å². The Bertz CT molecular complexity index is 1360. The number of nitrogens with one attached hydrogen (secondary N) is 2. The van der Waals surface area contributed by atoms with Crippen molar-refractivity contribution >= 4 is 21.8 Å². The average molecular weight is 519 g/mol. The van der Waals surface area contributed by atoms with E-state index in [1.54, 1.807) is 6.07 Å². The average Bonchev–Trinajstić information content (AvgIpc) is 3.26. The zero-order chi connectivity index (χ0) is 25.5. The molecule has 2 heterocycles. The number of aromatic nitrogens is 2. The highest BCUT2D eigenvalue weighted by Gasteiger charge is 2.42. The topological polar surface area (TPSA) is 93.2 Å². The maximum absolute atomic E-state index is 13.7. The van der Waals surface area contributed by atoms with Crippen LogP contribution in [-0.2, 0) is 17.9 Å². The van der Waals surface area contributed by atoms with E-state index in [2.05, 4.69) is 4.98 Å². The van der Waals surface area contributed by atoms with Gasteiger partial charge in [-0.1, -0.05) is 6.07 Å². The number of ether oxygens (including phenoxy) is 1. The number of thiol groups is 1. The number of fused-ring (bicyclic) bond motifs is 1. The number of halogens is 5. The van der Waals surface area contributed by atoms with Crippen LogP contribution in [0, 0.1) is 0 Å². The SMILES string of the molecule is Cn1cc(-c2cc(C(N[SH](=O)=O)C(F)(F)F)ccc2OC2CCC(F)(F)CC2)c2cc[nH]c2c1=O. The third kappa shape index (κ3) is 5.35. The van der Waals surface area contributed by atoms with Crippen LogP contribution in [0.4, 0.5) is 22.0 Å². The normalized spacial score (nSPS) is 17.7. The van der Waals surface area contributed by atoms with E-state index in [1.807, 2.05) is 0 Å². The van der Waals surface area contributed by atoms with Crippen LogP contribution in [0.2, 0.25) is 0 Å². The van der Waals surface area contributed by atoms with Gasteiger partial charge in [0.1, 0.15) is 17.3 Å². The van der Waals surface area contributed by atoms with Gasteiger partial charge in [-0.2, -0.15) is 13.2 Å². The lowest BCUT2D eigenvalue weighted by Gasteiger charge is -2.30. The molecule has 2 aromatic heterocycles. The molecule has 1 aliphatic rings. The Balaban J connectivity index is 1.86. The van der Waals surface area contributed by atoms with E-state index < -0.39 is 40.7 Å². The Labute approximate surface area is 198 Å². The molecular weight excluding hydrogens is 497 g/mol. The molecule has 0 radical (unpaired) electrons. The number of nitrogens with zero attached hydrogens (tertiary/aromatic N) is 1. The highest BCUT2D eigenvalue weighted by atomic mass is 32.2. The first kappa shape index (κ1) is 25.2. The number of benzene rings is 1. The van der Waals surface area contributed by atoms with Gasteiger partial charge in [-0.3, -0.25) is 4.79 Å². The molecule has 1 atom stereocenters. The van der Waals surface area contributed by atoms with Crippen LogP contribution in [0.5, 0.6) is 5.75 Å². The van der Waals surface area contributed by atoms with E-state index in [1.165, 1.54) is 34.8 Å². The molecule has 3 aromatic rings. The van der Waals surface area contributed by atoms with E-state index in [9.17, 15) is 35.2 Å². The lowest BCUT2D eigenvalue weighted by molar-refractivity contribution is -0.152. The summed E-state index contributed by atoms with van der Waals surface area (Å²) >= 11 is 0. The molecule has 1 saturated carbocycles. The van der Waals surface area contributed by atoms with Crippen molar-refractivity contribution in [1.29, 1.82) is 0 Å². The highest BCUT2D eigenvalue weighted by Crippen LogP contribution is 2.41. The minimum Gasteiger partial charge on any atom is -0.490 e. The number of H-pyrrole nitrogens is 1. The van der Waals surface area contributed by atoms with Crippen LogP contribution in [-0.4, -0.2) is 36.2 Å². The molecule has 0 amide bonds. The van der Waals surface area contributed by atoms with Gasteiger partial charge >= 0.3 is 6.18 Å². The van der Waals surface area contributed by atoms with Gasteiger partial charge in [0.2, 0.25) is 16.8 Å². The van der Waals surface area contributed by atoms with Crippen molar-refractivity contribution < 1.29 is 35.1 Å². The first-order chi connectivity index (χ1) is 16.4. The first-order valence-corrected chi connectivity index (χ1v) is 11.9. The number of pyridine rings is 1. The third-order valence-electron chi connectivity index (χ3n) is 6.04. The van der Waals surface area contributed by atoms with E-state index >= 15 is 0 Å². The van der Waals surface area contributed by atoms with Gasteiger partial charge in [-0.15, -0.1) is 0 Å². The van der Waals surface area contributed by atoms with Gasteiger partial charge in [0.25, 0.3) is 5.56 Å². The zero-order valence-corrected chi connectivity index (χ0v) is 19.3. The molecule has 1 aliphatic carbocycles. The standard InChI is InChI=1S/C22H22F5N3O4S/c1-30-11-16(14-6-9-28-18(14)20(30)31)15-10-12(19(22(25,26)27)29-35(32)33)2-3-17(15)34-13-4-7-21(23,24)8-5-13/h2-3,6,9-11,13,19,28,35H,4-5,7-8H2,1H3,(H,29,32,33). The zero-order valence-electron chi connectivity index (χ0n) is 18.4. The summed E-state index contributed by atoms with van der Waals surface area (Å²) in [7, 11) is -2.10. The lowest BCUT2D eigenvalue weighted by atomic mass is 9.93. The van der Waals surface area contributed by atoms with Gasteiger partial charge in [-0.25, -0.2) is 21.9 Å². The highest BCUT2D eigenvalue weighted by molar-refractivity contribution is 7.70. The van der Waals surface area contributed by atoms with Crippen LogP contribution in [0.15, 0.2) is 41.5 Å². The Morgan fingerprint density at radius 3 is 2.49 bits per heavy atom. The fourth-order valence-corrected chi connectivity index (χ4v) is 4.78. The molecule has 4 rings (SSSR count). The maximum atomic E-state index is 13.7. The molecular formula is C22H22F5N3O4S. The Kier molecular flexibility index (Phi) is 6.66. The van der Waals surface area contributed by atoms with Crippen LogP contribution in [0.1, 0.15) is 37.3 Å². The van der Waals surface area contributed by atoms with Gasteiger partial charge in [0.05, 0.1) is 6.10 Å². The maximum Gasteiger partial charge on any atom is 0.408 e. The summed E-state index contributed by atoms with van der Waals surface area (Å²) in [6, 6.07) is 2.55. The summed E-state index contributed by atoms with van der Waals surface area (Å²) in [5, 5.41) is 0.414. The number of hydrogen-bond acceptors (Lipinski definition) is 4. The molecule has 190 valence electrons. The molecule has 1 unspecified atom stereocenters. The van der Waals surface area contributed by atoms with Crippen LogP contribution in [0.3, 0.4) is 0 Å². The minimum absolute atomic E-state index is 0.0599. The van der Waals surface area contributed by atoms with Gasteiger partial charge in [0, 0.05) is 48.8 Å². The van der Waals surface area contributed by atoms with E-state index in [0.717, 1.165) is 12.1 Å².